The molecule has 0 radical (unpaired) electrons. The quantitative estimate of drug-likeness (QED) is 0.854. The summed E-state index contributed by atoms with van der Waals surface area (Å²) in [6.07, 6.45) is 6.80. The molecule has 2 aliphatic carbocycles. The van der Waals surface area contributed by atoms with Crippen LogP contribution in [0.2, 0.25) is 0 Å². The van der Waals surface area contributed by atoms with Crippen LogP contribution in [0.1, 0.15) is 60.6 Å². The zero-order valence-corrected chi connectivity index (χ0v) is 14.8. The Hall–Kier alpha value is -1.56. The number of pyridine rings is 1. The van der Waals surface area contributed by atoms with Crippen LogP contribution in [0.4, 0.5) is 0 Å². The summed E-state index contributed by atoms with van der Waals surface area (Å²) in [5.74, 6) is 3.23. The molecule has 2 aromatic rings. The minimum Gasteiger partial charge on any atom is -0.329 e. The Kier molecular flexibility index (Phi) is 3.37. The van der Waals surface area contributed by atoms with Crippen molar-refractivity contribution < 1.29 is 4.79 Å². The number of carbonyl (C=O) groups is 1. The van der Waals surface area contributed by atoms with Crippen molar-refractivity contribution in [1.29, 1.82) is 0 Å². The Morgan fingerprint density at radius 1 is 1.33 bits per heavy atom. The van der Waals surface area contributed by atoms with Gasteiger partial charge < -0.3 is 4.90 Å². The molecule has 5 nitrogen and oxygen atoms in total. The van der Waals surface area contributed by atoms with Gasteiger partial charge in [-0.15, -0.1) is 11.8 Å². The lowest BCUT2D eigenvalue weighted by molar-refractivity contribution is 0.0804. The van der Waals surface area contributed by atoms with E-state index in [4.69, 9.17) is 4.98 Å². The van der Waals surface area contributed by atoms with E-state index in [1.807, 2.05) is 28.9 Å². The first-order chi connectivity index (χ1) is 11.7. The van der Waals surface area contributed by atoms with Gasteiger partial charge >= 0.3 is 0 Å². The molecule has 126 valence electrons. The smallest absolute Gasteiger partial charge is 0.255 e. The largest absolute Gasteiger partial charge is 0.329 e. The van der Waals surface area contributed by atoms with Gasteiger partial charge in [-0.3, -0.25) is 4.79 Å². The normalized spacial score (nSPS) is 22.3. The highest BCUT2D eigenvalue weighted by atomic mass is 32.2. The molecule has 5 rings (SSSR count). The number of amides is 1. The molecule has 24 heavy (non-hydrogen) atoms. The molecule has 1 amide bonds. The van der Waals surface area contributed by atoms with Crippen molar-refractivity contribution in [3.05, 3.63) is 23.5 Å². The predicted molar refractivity (Wildman–Crippen MR) is 95.3 cm³/mol. The topological polar surface area (TPSA) is 51.0 Å². The monoisotopic (exact) mass is 342 g/mol. The van der Waals surface area contributed by atoms with Crippen molar-refractivity contribution >= 4 is 28.7 Å². The fraction of sp³-hybridized carbons (Fsp3) is 0.611. The second-order valence-corrected chi connectivity index (χ2v) is 8.45. The Morgan fingerprint density at radius 2 is 2.17 bits per heavy atom. The molecule has 0 spiro atoms. The van der Waals surface area contributed by atoms with Crippen molar-refractivity contribution in [3.63, 3.8) is 0 Å². The van der Waals surface area contributed by atoms with E-state index in [1.54, 1.807) is 0 Å². The van der Waals surface area contributed by atoms with Crippen molar-refractivity contribution in [2.45, 2.75) is 44.6 Å². The molecule has 0 bridgehead atoms. The molecule has 2 aromatic heterocycles. The van der Waals surface area contributed by atoms with Crippen molar-refractivity contribution in [3.8, 4) is 0 Å². The van der Waals surface area contributed by atoms with Gasteiger partial charge in [0.25, 0.3) is 5.91 Å². The third-order valence-corrected chi connectivity index (χ3v) is 6.51. The zero-order chi connectivity index (χ0) is 16.3. The lowest BCUT2D eigenvalue weighted by Crippen LogP contribution is -2.28. The predicted octanol–water partition coefficient (Wildman–Crippen LogP) is 3.43. The maximum absolute atomic E-state index is 13.0. The number of hydrogen-bond acceptors (Lipinski definition) is 4. The van der Waals surface area contributed by atoms with Gasteiger partial charge in [0.1, 0.15) is 0 Å². The average molecular weight is 342 g/mol. The van der Waals surface area contributed by atoms with Crippen LogP contribution < -0.4 is 0 Å². The molecule has 1 unspecified atom stereocenters. The zero-order valence-electron chi connectivity index (χ0n) is 13.9. The van der Waals surface area contributed by atoms with Crippen LogP contribution >= 0.6 is 11.8 Å². The molecule has 1 saturated heterocycles. The number of thioether (sulfide) groups is 1. The fourth-order valence-electron chi connectivity index (χ4n) is 3.62. The second kappa shape index (κ2) is 5.48. The Morgan fingerprint density at radius 3 is 2.83 bits per heavy atom. The molecule has 1 atom stereocenters. The SMILES string of the molecule is CC(C1CC1)n1ncc2c(C(=O)N3CCSC3)cc(C3CC3)nc21. The molecule has 3 fully saturated rings. The van der Waals surface area contributed by atoms with E-state index in [0.29, 0.717) is 17.9 Å². The lowest BCUT2D eigenvalue weighted by atomic mass is 10.1. The summed E-state index contributed by atoms with van der Waals surface area (Å²) in [7, 11) is 0. The summed E-state index contributed by atoms with van der Waals surface area (Å²) < 4.78 is 2.06. The summed E-state index contributed by atoms with van der Waals surface area (Å²) in [5, 5.41) is 5.55. The standard InChI is InChI=1S/C18H22N4OS/c1-11(12-2-3-12)22-17-15(9-19-22)14(8-16(20-17)13-4-5-13)18(23)21-6-7-24-10-21/h8-9,11-13H,2-7,10H2,1H3. The van der Waals surface area contributed by atoms with Gasteiger partial charge in [0.15, 0.2) is 5.65 Å². The molecule has 3 heterocycles. The molecule has 1 aliphatic heterocycles. The van der Waals surface area contributed by atoms with Gasteiger partial charge in [0.05, 0.1) is 29.1 Å². The van der Waals surface area contributed by atoms with Crippen LogP contribution in [0.15, 0.2) is 12.3 Å². The first kappa shape index (κ1) is 14.8. The molecule has 6 heteroatoms. The van der Waals surface area contributed by atoms with Crippen molar-refractivity contribution in [1.82, 2.24) is 19.7 Å². The maximum Gasteiger partial charge on any atom is 0.255 e. The van der Waals surface area contributed by atoms with Crippen LogP contribution in [0.3, 0.4) is 0 Å². The third kappa shape index (κ3) is 2.42. The van der Waals surface area contributed by atoms with Crippen LogP contribution in [-0.2, 0) is 0 Å². The third-order valence-electron chi connectivity index (χ3n) is 5.54. The molecular weight excluding hydrogens is 320 g/mol. The molecule has 3 aliphatic rings. The molecular formula is C18H22N4OS. The minimum absolute atomic E-state index is 0.146. The summed E-state index contributed by atoms with van der Waals surface area (Å²) in [4.78, 5) is 19.9. The van der Waals surface area contributed by atoms with Crippen molar-refractivity contribution in [2.24, 2.45) is 5.92 Å². The maximum atomic E-state index is 13.0. The summed E-state index contributed by atoms with van der Waals surface area (Å²) in [6.45, 7) is 3.08. The lowest BCUT2D eigenvalue weighted by Gasteiger charge is -2.16. The number of hydrogen-bond donors (Lipinski definition) is 0. The van der Waals surface area contributed by atoms with E-state index in [9.17, 15) is 4.79 Å². The van der Waals surface area contributed by atoms with Crippen molar-refractivity contribution in [2.75, 3.05) is 18.2 Å². The minimum atomic E-state index is 0.146. The van der Waals surface area contributed by atoms with E-state index >= 15 is 0 Å². The van der Waals surface area contributed by atoms with E-state index < -0.39 is 0 Å². The summed E-state index contributed by atoms with van der Waals surface area (Å²) in [6, 6.07) is 2.41. The highest BCUT2D eigenvalue weighted by Gasteiger charge is 2.33. The highest BCUT2D eigenvalue weighted by Crippen LogP contribution is 2.42. The van der Waals surface area contributed by atoms with Gasteiger partial charge in [-0.25, -0.2) is 9.67 Å². The highest BCUT2D eigenvalue weighted by molar-refractivity contribution is 7.99. The summed E-state index contributed by atoms with van der Waals surface area (Å²) >= 11 is 1.82. The van der Waals surface area contributed by atoms with E-state index in [0.717, 1.165) is 40.5 Å². The van der Waals surface area contributed by atoms with E-state index in [2.05, 4.69) is 16.7 Å². The summed E-state index contributed by atoms with van der Waals surface area (Å²) in [5.41, 5.74) is 2.80. The van der Waals surface area contributed by atoms with E-state index in [1.165, 1.54) is 25.7 Å². The Bertz CT molecular complexity index is 803. The number of aromatic nitrogens is 3. The fourth-order valence-corrected chi connectivity index (χ4v) is 4.57. The average Bonchev–Trinajstić information content (AvgIpc) is 3.52. The van der Waals surface area contributed by atoms with E-state index in [-0.39, 0.29) is 5.91 Å². The second-order valence-electron chi connectivity index (χ2n) is 7.38. The number of fused-ring (bicyclic) bond motifs is 1. The van der Waals surface area contributed by atoms with Crippen LogP contribution in [0.5, 0.6) is 0 Å². The van der Waals surface area contributed by atoms with Gasteiger partial charge in [-0.2, -0.15) is 5.10 Å². The van der Waals surface area contributed by atoms with Gasteiger partial charge in [-0.1, -0.05) is 0 Å². The molecule has 0 aromatic carbocycles. The first-order valence-electron chi connectivity index (χ1n) is 8.97. The van der Waals surface area contributed by atoms with Crippen LogP contribution in [0.25, 0.3) is 11.0 Å². The number of carbonyl (C=O) groups excluding carboxylic acids is 1. The Labute approximate surface area is 145 Å². The van der Waals surface area contributed by atoms with Gasteiger partial charge in [0.2, 0.25) is 0 Å². The van der Waals surface area contributed by atoms with Gasteiger partial charge in [-0.05, 0) is 44.6 Å². The Balaban J connectivity index is 1.63. The molecule has 2 saturated carbocycles. The van der Waals surface area contributed by atoms with Crippen LogP contribution in [-0.4, -0.2) is 43.7 Å². The van der Waals surface area contributed by atoms with Gasteiger partial charge in [0, 0.05) is 23.9 Å². The number of nitrogens with zero attached hydrogens (tertiary/aromatic N) is 4. The number of rotatable bonds is 4. The first-order valence-corrected chi connectivity index (χ1v) is 10.1. The molecule has 0 N–H and O–H groups in total. The van der Waals surface area contributed by atoms with Crippen LogP contribution in [0, 0.1) is 5.92 Å².